The van der Waals surface area contributed by atoms with Gasteiger partial charge in [-0.05, 0) is 38.0 Å². The third kappa shape index (κ3) is 3.96. The molecule has 184 valence electrons. The minimum Gasteiger partial charge on any atom is -0.493 e. The highest BCUT2D eigenvalue weighted by molar-refractivity contribution is 5.77. The fourth-order valence-electron chi connectivity index (χ4n) is 4.90. The second-order valence-corrected chi connectivity index (χ2v) is 8.70. The van der Waals surface area contributed by atoms with Crippen LogP contribution >= 0.6 is 0 Å². The van der Waals surface area contributed by atoms with E-state index in [9.17, 15) is 9.59 Å². The Bertz CT molecular complexity index is 1330. The molecule has 1 aromatic carbocycles. The van der Waals surface area contributed by atoms with Gasteiger partial charge in [-0.15, -0.1) is 0 Å². The normalized spacial score (nSPS) is 14.4. The molecule has 0 aliphatic carbocycles. The van der Waals surface area contributed by atoms with Crippen molar-refractivity contribution in [1.29, 1.82) is 0 Å². The van der Waals surface area contributed by atoms with Crippen molar-refractivity contribution in [2.75, 3.05) is 45.3 Å². The third-order valence-corrected chi connectivity index (χ3v) is 6.66. The molecule has 35 heavy (non-hydrogen) atoms. The number of rotatable bonds is 7. The molecule has 1 saturated heterocycles. The molecule has 2 aromatic heterocycles. The van der Waals surface area contributed by atoms with Crippen molar-refractivity contribution in [2.24, 2.45) is 0 Å². The van der Waals surface area contributed by atoms with Gasteiger partial charge in [-0.2, -0.15) is 10.1 Å². The van der Waals surface area contributed by atoms with E-state index in [0.717, 1.165) is 33.9 Å². The highest BCUT2D eigenvalue weighted by Gasteiger charge is 2.27. The molecule has 0 unspecified atom stereocenters. The summed E-state index contributed by atoms with van der Waals surface area (Å²) in [4.78, 5) is 33.5. The second-order valence-electron chi connectivity index (χ2n) is 8.70. The summed E-state index contributed by atoms with van der Waals surface area (Å²) in [6.07, 6.45) is 0.692. The molecule has 1 fully saturated rings. The Kier molecular flexibility index (Phi) is 5.83. The quantitative estimate of drug-likeness (QED) is 0.532. The van der Waals surface area contributed by atoms with Crippen LogP contribution in [0.5, 0.6) is 11.5 Å². The fourth-order valence-corrected chi connectivity index (χ4v) is 4.90. The van der Waals surface area contributed by atoms with E-state index in [0.29, 0.717) is 56.5 Å². The second kappa shape index (κ2) is 8.97. The van der Waals surface area contributed by atoms with E-state index >= 15 is 0 Å². The highest BCUT2D eigenvalue weighted by atomic mass is 16.5. The number of aromatic amines is 1. The van der Waals surface area contributed by atoms with Crippen LogP contribution in [-0.2, 0) is 13.0 Å². The molecular formula is C24H29N7O4. The Balaban J connectivity index is 1.61. The average molecular weight is 480 g/mol. The van der Waals surface area contributed by atoms with Crippen LogP contribution in [0.3, 0.4) is 0 Å². The fraction of sp³-hybridized carbons (Fsp3) is 0.417. The van der Waals surface area contributed by atoms with E-state index in [1.807, 2.05) is 36.9 Å². The van der Waals surface area contributed by atoms with Gasteiger partial charge in [-0.3, -0.25) is 9.67 Å². The van der Waals surface area contributed by atoms with E-state index in [-0.39, 0.29) is 11.7 Å². The van der Waals surface area contributed by atoms with Gasteiger partial charge in [-0.25, -0.2) is 9.59 Å². The van der Waals surface area contributed by atoms with Crippen LogP contribution < -0.4 is 25.4 Å². The number of hydrogen-bond acceptors (Lipinski definition) is 7. The molecule has 0 radical (unpaired) electrons. The number of ether oxygens (including phenoxy) is 2. The van der Waals surface area contributed by atoms with Gasteiger partial charge >= 0.3 is 11.7 Å². The first kappa shape index (κ1) is 22.8. The molecule has 0 bridgehead atoms. The first-order valence-electron chi connectivity index (χ1n) is 11.6. The van der Waals surface area contributed by atoms with Crippen molar-refractivity contribution in [1.82, 2.24) is 30.0 Å². The monoisotopic (exact) mass is 479 g/mol. The van der Waals surface area contributed by atoms with E-state index < -0.39 is 0 Å². The van der Waals surface area contributed by atoms with Crippen LogP contribution in [0.15, 0.2) is 23.0 Å². The lowest BCUT2D eigenvalue weighted by Gasteiger charge is -2.28. The average Bonchev–Trinajstić information content (AvgIpc) is 3.42. The Labute approximate surface area is 202 Å². The van der Waals surface area contributed by atoms with E-state index in [4.69, 9.17) is 9.47 Å². The molecule has 2 N–H and O–H groups in total. The molecule has 0 atom stereocenters. The van der Waals surface area contributed by atoms with Crippen LogP contribution in [0.1, 0.15) is 17.0 Å². The number of fused-ring (bicyclic) bond motifs is 3. The lowest BCUT2D eigenvalue weighted by molar-refractivity contribution is 0.218. The molecule has 0 saturated carbocycles. The number of amides is 2. The van der Waals surface area contributed by atoms with Crippen LogP contribution in [0.2, 0.25) is 0 Å². The van der Waals surface area contributed by atoms with E-state index in [1.165, 1.54) is 0 Å². The first-order valence-corrected chi connectivity index (χ1v) is 11.6. The highest BCUT2D eigenvalue weighted by Crippen LogP contribution is 2.39. The van der Waals surface area contributed by atoms with Crippen LogP contribution in [0, 0.1) is 13.8 Å². The van der Waals surface area contributed by atoms with Gasteiger partial charge in [-0.1, -0.05) is 0 Å². The van der Waals surface area contributed by atoms with Gasteiger partial charge in [0, 0.05) is 44.4 Å². The molecule has 3 aromatic rings. The molecule has 11 nitrogen and oxygen atoms in total. The maximum Gasteiger partial charge on any atom is 0.350 e. The number of aromatic nitrogens is 4. The summed E-state index contributed by atoms with van der Waals surface area (Å²) in [5.41, 5.74) is 4.94. The Hall–Kier alpha value is -4.02. The van der Waals surface area contributed by atoms with Gasteiger partial charge in [0.1, 0.15) is 5.82 Å². The van der Waals surface area contributed by atoms with Crippen LogP contribution in [0.4, 0.5) is 16.3 Å². The van der Waals surface area contributed by atoms with Crippen molar-refractivity contribution in [3.8, 4) is 22.8 Å². The smallest absolute Gasteiger partial charge is 0.350 e. The van der Waals surface area contributed by atoms with E-state index in [1.54, 1.807) is 23.7 Å². The predicted molar refractivity (Wildman–Crippen MR) is 131 cm³/mol. The number of anilines is 2. The number of carbonyl (C=O) groups excluding carboxylic acids is 1. The van der Waals surface area contributed by atoms with Crippen LogP contribution in [0.25, 0.3) is 11.3 Å². The molecule has 4 heterocycles. The zero-order valence-electron chi connectivity index (χ0n) is 20.3. The number of benzene rings is 1. The largest absolute Gasteiger partial charge is 0.493 e. The van der Waals surface area contributed by atoms with Gasteiger partial charge in [0.05, 0.1) is 37.0 Å². The van der Waals surface area contributed by atoms with Gasteiger partial charge < -0.3 is 24.6 Å². The molecular weight excluding hydrogens is 450 g/mol. The Morgan fingerprint density at radius 3 is 2.51 bits per heavy atom. The molecule has 2 aliphatic heterocycles. The number of nitrogens with one attached hydrogen (secondary N) is 2. The van der Waals surface area contributed by atoms with Gasteiger partial charge in [0.2, 0.25) is 0 Å². The van der Waals surface area contributed by atoms with Gasteiger partial charge in [0.15, 0.2) is 11.5 Å². The van der Waals surface area contributed by atoms with E-state index in [2.05, 4.69) is 20.5 Å². The van der Waals surface area contributed by atoms with Crippen molar-refractivity contribution in [3.05, 3.63) is 45.6 Å². The number of nitrogens with zero attached hydrogens (tertiary/aromatic N) is 5. The molecule has 11 heteroatoms. The Morgan fingerprint density at radius 2 is 1.86 bits per heavy atom. The maximum atomic E-state index is 13.2. The number of urea groups is 1. The minimum absolute atomic E-state index is 0.0842. The zero-order valence-corrected chi connectivity index (χ0v) is 20.3. The lowest BCUT2D eigenvalue weighted by Crippen LogP contribution is -2.37. The zero-order chi connectivity index (χ0) is 24.7. The number of H-pyrrole nitrogens is 1. The summed E-state index contributed by atoms with van der Waals surface area (Å²) in [7, 11) is 3.21. The summed E-state index contributed by atoms with van der Waals surface area (Å²) < 4.78 is 12.7. The standard InChI is InChI=1S/C24H29N7O4/c1-14-22(15(2)28-27-14)31(10-9-29-8-6-25-23(29)32)21-13-18-17-12-20(35-4)19(34-3)11-16(17)5-7-30(18)24(33)26-21/h11-13H,5-10H2,1-4H3,(H,25,32)(H,27,28). The summed E-state index contributed by atoms with van der Waals surface area (Å²) in [6.45, 7) is 6.59. The summed E-state index contributed by atoms with van der Waals surface area (Å²) in [6, 6.07) is 5.73. The van der Waals surface area contributed by atoms with Crippen molar-refractivity contribution in [3.63, 3.8) is 0 Å². The molecule has 2 aliphatic rings. The maximum absolute atomic E-state index is 13.2. The number of aryl methyl sites for hydroxylation is 3. The third-order valence-electron chi connectivity index (χ3n) is 6.66. The summed E-state index contributed by atoms with van der Waals surface area (Å²) >= 11 is 0. The SMILES string of the molecule is COc1cc2c(cc1OC)-c1cc(N(CCN3CCNC3=O)c3c(C)n[nH]c3C)nc(=O)n1CC2. The topological polar surface area (TPSA) is 118 Å². The molecule has 5 rings (SSSR count). The number of methoxy groups -OCH3 is 2. The minimum atomic E-state index is -0.319. The Morgan fingerprint density at radius 1 is 1.09 bits per heavy atom. The predicted octanol–water partition coefficient (Wildman–Crippen LogP) is 1.99. The van der Waals surface area contributed by atoms with Crippen molar-refractivity contribution in [2.45, 2.75) is 26.8 Å². The summed E-state index contributed by atoms with van der Waals surface area (Å²) in [5, 5.41) is 10.2. The lowest BCUT2D eigenvalue weighted by atomic mass is 9.96. The number of carbonyl (C=O) groups is 1. The molecule has 2 amide bonds. The molecule has 0 spiro atoms. The van der Waals surface area contributed by atoms with Crippen LogP contribution in [-0.4, -0.2) is 71.1 Å². The van der Waals surface area contributed by atoms with Crippen molar-refractivity contribution >= 4 is 17.5 Å². The van der Waals surface area contributed by atoms with Gasteiger partial charge in [0.25, 0.3) is 0 Å². The summed E-state index contributed by atoms with van der Waals surface area (Å²) in [5.74, 6) is 1.77. The van der Waals surface area contributed by atoms with Crippen molar-refractivity contribution < 1.29 is 14.3 Å². The first-order chi connectivity index (χ1) is 16.9. The number of hydrogen-bond donors (Lipinski definition) is 2.